The zero-order valence-corrected chi connectivity index (χ0v) is 11.8. The van der Waals surface area contributed by atoms with Gasteiger partial charge in [0, 0.05) is 5.41 Å². The van der Waals surface area contributed by atoms with Crippen LogP contribution < -0.4 is 0 Å². The lowest BCUT2D eigenvalue weighted by Gasteiger charge is -2.52. The maximum Gasteiger partial charge on any atom is 0.265 e. The van der Waals surface area contributed by atoms with Crippen molar-refractivity contribution in [1.82, 2.24) is 14.8 Å². The van der Waals surface area contributed by atoms with Gasteiger partial charge in [0.25, 0.3) is 10.1 Å². The number of hydrogen-bond acceptors (Lipinski definition) is 6. The molecular weight excluding hydrogens is 270 g/mol. The summed E-state index contributed by atoms with van der Waals surface area (Å²) in [6.45, 7) is 3.32. The van der Waals surface area contributed by atoms with Crippen molar-refractivity contribution in [2.24, 2.45) is 5.41 Å². The van der Waals surface area contributed by atoms with E-state index in [0.717, 1.165) is 32.3 Å². The standard InChI is InChI=1S/C11H17N3O4S/c1-8(18-19(2,15)16)10-12-7-14(13-10)9-3-11(4-9)5-17-6-11/h7-9H,3-6H2,1-2H3. The minimum Gasteiger partial charge on any atom is -0.380 e. The van der Waals surface area contributed by atoms with Crippen molar-refractivity contribution >= 4 is 10.1 Å². The van der Waals surface area contributed by atoms with Gasteiger partial charge in [0.05, 0.1) is 25.5 Å². The van der Waals surface area contributed by atoms with Crippen molar-refractivity contribution in [3.63, 3.8) is 0 Å². The molecule has 2 heterocycles. The van der Waals surface area contributed by atoms with Gasteiger partial charge in [-0.15, -0.1) is 0 Å². The molecule has 0 N–H and O–H groups in total. The van der Waals surface area contributed by atoms with Crippen LogP contribution in [-0.4, -0.2) is 42.7 Å². The zero-order valence-electron chi connectivity index (χ0n) is 10.9. The predicted molar refractivity (Wildman–Crippen MR) is 65.9 cm³/mol. The van der Waals surface area contributed by atoms with Crippen LogP contribution in [0.25, 0.3) is 0 Å². The average molecular weight is 287 g/mol. The van der Waals surface area contributed by atoms with E-state index in [4.69, 9.17) is 8.92 Å². The van der Waals surface area contributed by atoms with Crippen LogP contribution in [0.4, 0.5) is 0 Å². The smallest absolute Gasteiger partial charge is 0.265 e. The number of rotatable bonds is 4. The van der Waals surface area contributed by atoms with Crippen molar-refractivity contribution in [2.45, 2.75) is 31.9 Å². The van der Waals surface area contributed by atoms with Gasteiger partial charge in [0.2, 0.25) is 0 Å². The maximum absolute atomic E-state index is 11.1. The van der Waals surface area contributed by atoms with Gasteiger partial charge >= 0.3 is 0 Å². The molecule has 1 saturated heterocycles. The first kappa shape index (κ1) is 13.0. The van der Waals surface area contributed by atoms with E-state index in [1.165, 1.54) is 0 Å². The molecule has 106 valence electrons. The van der Waals surface area contributed by atoms with Crippen LogP contribution in [0.15, 0.2) is 6.33 Å². The average Bonchev–Trinajstić information content (AvgIpc) is 2.59. The fourth-order valence-electron chi connectivity index (χ4n) is 2.71. The second-order valence-electron chi connectivity index (χ2n) is 5.58. The van der Waals surface area contributed by atoms with Crippen molar-refractivity contribution in [3.05, 3.63) is 12.2 Å². The Balaban J connectivity index is 1.63. The molecule has 0 radical (unpaired) electrons. The molecule has 2 aliphatic rings. The summed E-state index contributed by atoms with van der Waals surface area (Å²) in [7, 11) is -3.49. The molecule has 7 nitrogen and oxygen atoms in total. The second kappa shape index (κ2) is 4.26. The molecule has 1 saturated carbocycles. The van der Waals surface area contributed by atoms with E-state index >= 15 is 0 Å². The number of hydrogen-bond donors (Lipinski definition) is 0. The highest BCUT2D eigenvalue weighted by atomic mass is 32.2. The molecular formula is C11H17N3O4S. The largest absolute Gasteiger partial charge is 0.380 e. The van der Waals surface area contributed by atoms with Crippen LogP contribution in [0, 0.1) is 5.41 Å². The summed E-state index contributed by atoms with van der Waals surface area (Å²) in [6, 6.07) is 0.343. The van der Waals surface area contributed by atoms with Crippen LogP contribution >= 0.6 is 0 Å². The molecule has 0 bridgehead atoms. The van der Waals surface area contributed by atoms with Crippen LogP contribution in [0.3, 0.4) is 0 Å². The van der Waals surface area contributed by atoms with Gasteiger partial charge in [-0.2, -0.15) is 13.5 Å². The molecule has 0 amide bonds. The molecule has 3 rings (SSSR count). The van der Waals surface area contributed by atoms with Gasteiger partial charge in [-0.3, -0.25) is 4.18 Å². The second-order valence-corrected chi connectivity index (χ2v) is 7.18. The summed E-state index contributed by atoms with van der Waals surface area (Å²) < 4.78 is 34.0. The van der Waals surface area contributed by atoms with E-state index in [1.807, 2.05) is 0 Å². The van der Waals surface area contributed by atoms with Crippen LogP contribution in [0.1, 0.15) is 37.7 Å². The summed E-state index contributed by atoms with van der Waals surface area (Å²) in [4.78, 5) is 4.13. The SMILES string of the molecule is CC(OS(C)(=O)=O)c1ncn(C2CC3(COC3)C2)n1. The molecule has 1 aliphatic heterocycles. The number of aromatic nitrogens is 3. The Morgan fingerprint density at radius 3 is 2.74 bits per heavy atom. The topological polar surface area (TPSA) is 83.3 Å². The summed E-state index contributed by atoms with van der Waals surface area (Å²) in [5, 5.41) is 4.32. The molecule has 1 aromatic rings. The summed E-state index contributed by atoms with van der Waals surface area (Å²) in [6.07, 6.45) is 4.12. The van der Waals surface area contributed by atoms with E-state index in [9.17, 15) is 8.42 Å². The lowest BCUT2D eigenvalue weighted by molar-refractivity contribution is -0.176. The molecule has 8 heteroatoms. The van der Waals surface area contributed by atoms with Crippen LogP contribution in [0.5, 0.6) is 0 Å². The number of ether oxygens (including phenoxy) is 1. The van der Waals surface area contributed by atoms with Gasteiger partial charge in [0.1, 0.15) is 12.4 Å². The van der Waals surface area contributed by atoms with Gasteiger partial charge in [-0.25, -0.2) is 9.67 Å². The Labute approximate surface area is 112 Å². The number of nitrogens with zero attached hydrogens (tertiary/aromatic N) is 3. The predicted octanol–water partition coefficient (Wildman–Crippen LogP) is 0.667. The highest BCUT2D eigenvalue weighted by Gasteiger charge is 2.50. The third-order valence-corrected chi connectivity index (χ3v) is 4.38. The molecule has 0 aromatic carbocycles. The normalized spacial score (nSPS) is 23.9. The van der Waals surface area contributed by atoms with Crippen molar-refractivity contribution in [2.75, 3.05) is 19.5 Å². The molecule has 1 spiro atoms. The summed E-state index contributed by atoms with van der Waals surface area (Å²) >= 11 is 0. The van der Waals surface area contributed by atoms with E-state index in [1.54, 1.807) is 17.9 Å². The lowest BCUT2D eigenvalue weighted by Crippen LogP contribution is -2.52. The minimum atomic E-state index is -3.49. The Bertz CT molecular complexity index is 571. The van der Waals surface area contributed by atoms with Crippen LogP contribution in [0.2, 0.25) is 0 Å². The molecule has 1 aromatic heterocycles. The monoisotopic (exact) mass is 287 g/mol. The third-order valence-electron chi connectivity index (χ3n) is 3.74. The first-order valence-corrected chi connectivity index (χ1v) is 8.06. The molecule has 1 unspecified atom stereocenters. The van der Waals surface area contributed by atoms with E-state index in [2.05, 4.69) is 10.1 Å². The molecule has 1 aliphatic carbocycles. The van der Waals surface area contributed by atoms with Crippen LogP contribution in [-0.2, 0) is 19.0 Å². The highest BCUT2D eigenvalue weighted by Crippen LogP contribution is 2.52. The van der Waals surface area contributed by atoms with Crippen molar-refractivity contribution in [1.29, 1.82) is 0 Å². The zero-order chi connectivity index (χ0) is 13.7. The minimum absolute atomic E-state index is 0.343. The van der Waals surface area contributed by atoms with E-state index in [-0.39, 0.29) is 0 Å². The Kier molecular flexibility index (Phi) is 2.91. The quantitative estimate of drug-likeness (QED) is 0.757. The Morgan fingerprint density at radius 2 is 2.21 bits per heavy atom. The van der Waals surface area contributed by atoms with Gasteiger partial charge in [0.15, 0.2) is 5.82 Å². The molecule has 19 heavy (non-hydrogen) atoms. The summed E-state index contributed by atoms with van der Waals surface area (Å²) in [5.41, 5.74) is 0.367. The van der Waals surface area contributed by atoms with Crippen molar-refractivity contribution < 1.29 is 17.3 Å². The lowest BCUT2D eigenvalue weighted by atomic mass is 9.64. The fourth-order valence-corrected chi connectivity index (χ4v) is 3.32. The molecule has 2 fully saturated rings. The van der Waals surface area contributed by atoms with Gasteiger partial charge in [-0.1, -0.05) is 0 Å². The maximum atomic E-state index is 11.1. The van der Waals surface area contributed by atoms with E-state index < -0.39 is 16.2 Å². The third kappa shape index (κ3) is 2.52. The highest BCUT2D eigenvalue weighted by molar-refractivity contribution is 7.86. The fraction of sp³-hybridized carbons (Fsp3) is 0.818. The molecule has 1 atom stereocenters. The first-order valence-electron chi connectivity index (χ1n) is 6.24. The van der Waals surface area contributed by atoms with Gasteiger partial charge < -0.3 is 4.74 Å². The van der Waals surface area contributed by atoms with Crippen molar-refractivity contribution in [3.8, 4) is 0 Å². The van der Waals surface area contributed by atoms with Gasteiger partial charge in [-0.05, 0) is 19.8 Å². The van der Waals surface area contributed by atoms with E-state index in [0.29, 0.717) is 17.3 Å². The first-order chi connectivity index (χ1) is 8.87. The Morgan fingerprint density at radius 1 is 1.53 bits per heavy atom. The Hall–Kier alpha value is -0.990. The summed E-state index contributed by atoms with van der Waals surface area (Å²) in [5.74, 6) is 0.399.